The molecule has 2 aromatic heterocycles. The molecule has 3 aromatic rings. The number of amides is 1. The summed E-state index contributed by atoms with van der Waals surface area (Å²) in [4.78, 5) is 23.2. The van der Waals surface area contributed by atoms with Crippen molar-refractivity contribution >= 4 is 28.8 Å². The summed E-state index contributed by atoms with van der Waals surface area (Å²) in [6.45, 7) is 1.99. The predicted molar refractivity (Wildman–Crippen MR) is 107 cm³/mol. The zero-order valence-corrected chi connectivity index (χ0v) is 15.0. The number of carbonyl (C=O) groups is 1. The first-order valence-corrected chi connectivity index (χ1v) is 9.19. The summed E-state index contributed by atoms with van der Waals surface area (Å²) in [5, 5.41) is 5.22. The van der Waals surface area contributed by atoms with E-state index < -0.39 is 0 Å². The topological polar surface area (TPSA) is 70.5 Å². The van der Waals surface area contributed by atoms with Gasteiger partial charge in [0, 0.05) is 42.0 Å². The van der Waals surface area contributed by atoms with Gasteiger partial charge in [-0.2, -0.15) is 5.10 Å². The van der Waals surface area contributed by atoms with Crippen LogP contribution in [0, 0.1) is 0 Å². The number of para-hydroxylation sites is 1. The number of pyridine rings is 2. The smallest absolute Gasteiger partial charge is 0.271 e. The number of rotatable bonds is 4. The van der Waals surface area contributed by atoms with Crippen LogP contribution in [0.25, 0.3) is 10.9 Å². The maximum absolute atomic E-state index is 12.2. The van der Waals surface area contributed by atoms with Crippen LogP contribution in [-0.4, -0.2) is 35.2 Å². The normalized spacial score (nSPS) is 14.6. The first-order valence-electron chi connectivity index (χ1n) is 9.19. The van der Waals surface area contributed by atoms with Crippen molar-refractivity contribution in [2.24, 2.45) is 5.10 Å². The molecule has 0 spiro atoms. The lowest BCUT2D eigenvalue weighted by Gasteiger charge is -2.29. The Morgan fingerprint density at radius 3 is 2.67 bits per heavy atom. The highest BCUT2D eigenvalue weighted by Crippen LogP contribution is 2.25. The maximum Gasteiger partial charge on any atom is 0.271 e. The van der Waals surface area contributed by atoms with E-state index in [9.17, 15) is 4.79 Å². The van der Waals surface area contributed by atoms with Crippen LogP contribution in [0.4, 0.5) is 5.82 Å². The van der Waals surface area contributed by atoms with Gasteiger partial charge in [0.05, 0.1) is 11.7 Å². The van der Waals surface area contributed by atoms with Gasteiger partial charge >= 0.3 is 0 Å². The summed E-state index contributed by atoms with van der Waals surface area (Å²) in [7, 11) is 0. The molecule has 1 amide bonds. The molecule has 4 rings (SSSR count). The van der Waals surface area contributed by atoms with Gasteiger partial charge < -0.3 is 4.90 Å². The zero-order valence-electron chi connectivity index (χ0n) is 15.0. The second-order valence-corrected chi connectivity index (χ2v) is 6.58. The van der Waals surface area contributed by atoms with Crippen LogP contribution in [0.5, 0.6) is 0 Å². The van der Waals surface area contributed by atoms with E-state index in [-0.39, 0.29) is 5.91 Å². The van der Waals surface area contributed by atoms with Crippen LogP contribution < -0.4 is 10.3 Å². The Kier molecular flexibility index (Phi) is 5.05. The molecule has 1 aromatic carbocycles. The van der Waals surface area contributed by atoms with Crippen molar-refractivity contribution in [2.75, 3.05) is 18.0 Å². The number of nitrogens with one attached hydrogen (secondary N) is 1. The van der Waals surface area contributed by atoms with Gasteiger partial charge in [0.25, 0.3) is 5.91 Å². The van der Waals surface area contributed by atoms with Crippen LogP contribution in [-0.2, 0) is 0 Å². The van der Waals surface area contributed by atoms with E-state index in [0.717, 1.165) is 35.4 Å². The fraction of sp³-hybridized carbons (Fsp3) is 0.238. The van der Waals surface area contributed by atoms with Gasteiger partial charge in [-0.15, -0.1) is 0 Å². The van der Waals surface area contributed by atoms with E-state index in [1.165, 1.54) is 19.3 Å². The molecule has 1 aliphatic rings. The number of hydrogen-bond acceptors (Lipinski definition) is 5. The summed E-state index contributed by atoms with van der Waals surface area (Å²) in [6.07, 6.45) is 8.45. The molecule has 1 saturated heterocycles. The Morgan fingerprint density at radius 2 is 1.85 bits per heavy atom. The molecule has 0 bridgehead atoms. The molecule has 6 heteroatoms. The molecule has 0 saturated carbocycles. The number of anilines is 1. The molecular weight excluding hydrogens is 338 g/mol. The average molecular weight is 359 g/mol. The lowest BCUT2D eigenvalue weighted by atomic mass is 10.1. The van der Waals surface area contributed by atoms with E-state index in [1.54, 1.807) is 30.7 Å². The molecule has 27 heavy (non-hydrogen) atoms. The number of piperidine rings is 1. The minimum absolute atomic E-state index is 0.262. The lowest BCUT2D eigenvalue weighted by Crippen LogP contribution is -2.31. The molecule has 1 N–H and O–H groups in total. The number of fused-ring (bicyclic) bond motifs is 1. The van der Waals surface area contributed by atoms with Crippen molar-refractivity contribution < 1.29 is 4.79 Å². The second-order valence-electron chi connectivity index (χ2n) is 6.58. The molecule has 1 fully saturated rings. The number of carbonyl (C=O) groups excluding carboxylic acids is 1. The average Bonchev–Trinajstić information content (AvgIpc) is 2.74. The fourth-order valence-corrected chi connectivity index (χ4v) is 3.30. The summed E-state index contributed by atoms with van der Waals surface area (Å²) in [6, 6.07) is 13.4. The van der Waals surface area contributed by atoms with Crippen molar-refractivity contribution in [3.05, 3.63) is 66.0 Å². The first-order chi connectivity index (χ1) is 13.3. The van der Waals surface area contributed by atoms with Gasteiger partial charge in [-0.05, 0) is 43.5 Å². The Hall–Kier alpha value is -3.28. The molecule has 1 aliphatic heterocycles. The third-order valence-electron chi connectivity index (χ3n) is 4.70. The first kappa shape index (κ1) is 17.1. The highest BCUT2D eigenvalue weighted by atomic mass is 16.2. The van der Waals surface area contributed by atoms with Gasteiger partial charge in [0.2, 0.25) is 0 Å². The van der Waals surface area contributed by atoms with Crippen LogP contribution >= 0.6 is 0 Å². The minimum Gasteiger partial charge on any atom is -0.356 e. The van der Waals surface area contributed by atoms with Crippen LogP contribution in [0.2, 0.25) is 0 Å². The number of benzene rings is 1. The van der Waals surface area contributed by atoms with Crippen molar-refractivity contribution in [3.63, 3.8) is 0 Å². The SMILES string of the molecule is O=C(N/N=C/c1cc2ccccc2nc1N1CCCCC1)c1ccncc1. The van der Waals surface area contributed by atoms with Crippen LogP contribution in [0.15, 0.2) is 60.0 Å². The van der Waals surface area contributed by atoms with E-state index in [1.807, 2.05) is 24.3 Å². The molecule has 0 atom stereocenters. The number of nitrogens with zero attached hydrogens (tertiary/aromatic N) is 4. The standard InChI is InChI=1S/C21H21N5O/c27-21(16-8-10-22-11-9-16)25-23-15-18-14-17-6-2-3-7-19(17)24-20(18)26-12-4-1-5-13-26/h2-3,6-11,14-15H,1,4-5,12-13H2,(H,25,27)/b23-15+. The number of aromatic nitrogens is 2. The van der Waals surface area contributed by atoms with Crippen molar-refractivity contribution in [1.29, 1.82) is 0 Å². The van der Waals surface area contributed by atoms with Gasteiger partial charge in [0.1, 0.15) is 5.82 Å². The maximum atomic E-state index is 12.2. The fourth-order valence-electron chi connectivity index (χ4n) is 3.30. The molecule has 0 aliphatic carbocycles. The Morgan fingerprint density at radius 1 is 1.07 bits per heavy atom. The summed E-state index contributed by atoms with van der Waals surface area (Å²) in [5.74, 6) is 0.664. The van der Waals surface area contributed by atoms with Gasteiger partial charge in [0.15, 0.2) is 0 Å². The van der Waals surface area contributed by atoms with Crippen LogP contribution in [0.1, 0.15) is 35.2 Å². The van der Waals surface area contributed by atoms with Crippen LogP contribution in [0.3, 0.4) is 0 Å². The molecule has 136 valence electrons. The van der Waals surface area contributed by atoms with Gasteiger partial charge in [-0.3, -0.25) is 9.78 Å². The Balaban J connectivity index is 1.61. The van der Waals surface area contributed by atoms with Crippen molar-refractivity contribution in [1.82, 2.24) is 15.4 Å². The number of hydrogen-bond donors (Lipinski definition) is 1. The quantitative estimate of drug-likeness (QED) is 0.573. The Labute approximate surface area is 157 Å². The molecule has 3 heterocycles. The summed E-state index contributed by atoms with van der Waals surface area (Å²) < 4.78 is 0. The predicted octanol–water partition coefficient (Wildman–Crippen LogP) is 3.38. The highest BCUT2D eigenvalue weighted by molar-refractivity contribution is 5.96. The Bertz CT molecular complexity index is 965. The van der Waals surface area contributed by atoms with E-state index in [4.69, 9.17) is 4.98 Å². The van der Waals surface area contributed by atoms with Crippen molar-refractivity contribution in [2.45, 2.75) is 19.3 Å². The van der Waals surface area contributed by atoms with E-state index in [2.05, 4.69) is 26.5 Å². The lowest BCUT2D eigenvalue weighted by molar-refractivity contribution is 0.0955. The molecular formula is C21H21N5O. The number of hydrazone groups is 1. The summed E-state index contributed by atoms with van der Waals surface area (Å²) in [5.41, 5.74) is 4.98. The monoisotopic (exact) mass is 359 g/mol. The largest absolute Gasteiger partial charge is 0.356 e. The van der Waals surface area contributed by atoms with Gasteiger partial charge in [-0.1, -0.05) is 18.2 Å². The van der Waals surface area contributed by atoms with E-state index in [0.29, 0.717) is 5.56 Å². The van der Waals surface area contributed by atoms with Gasteiger partial charge in [-0.25, -0.2) is 10.4 Å². The summed E-state index contributed by atoms with van der Waals surface area (Å²) >= 11 is 0. The molecule has 0 unspecified atom stereocenters. The zero-order chi connectivity index (χ0) is 18.5. The molecule has 6 nitrogen and oxygen atoms in total. The minimum atomic E-state index is -0.262. The van der Waals surface area contributed by atoms with Crippen molar-refractivity contribution in [3.8, 4) is 0 Å². The highest BCUT2D eigenvalue weighted by Gasteiger charge is 2.16. The molecule has 0 radical (unpaired) electrons. The third-order valence-corrected chi connectivity index (χ3v) is 4.70. The van der Waals surface area contributed by atoms with E-state index >= 15 is 0 Å². The second kappa shape index (κ2) is 7.95. The third kappa shape index (κ3) is 3.95.